The van der Waals surface area contributed by atoms with Gasteiger partial charge >= 0.3 is 0 Å². The third-order valence-corrected chi connectivity index (χ3v) is 3.13. The Morgan fingerprint density at radius 2 is 2.00 bits per heavy atom. The summed E-state index contributed by atoms with van der Waals surface area (Å²) in [7, 11) is 3.42. The van der Waals surface area contributed by atoms with Gasteiger partial charge in [-0.05, 0) is 26.3 Å². The van der Waals surface area contributed by atoms with Gasteiger partial charge in [0.15, 0.2) is 0 Å². The van der Waals surface area contributed by atoms with Crippen molar-refractivity contribution in [2.45, 2.75) is 32.2 Å². The average Bonchev–Trinajstić information content (AvgIpc) is 2.35. The Balaban J connectivity index is 2.53. The summed E-state index contributed by atoms with van der Waals surface area (Å²) in [5.74, 6) is 0.0263. The van der Waals surface area contributed by atoms with Crippen LogP contribution >= 0.6 is 0 Å². The molecule has 0 spiro atoms. The Kier molecular flexibility index (Phi) is 5.41. The standard InChI is InChI=1S/C12H23N3O2/c1-4-15(9-11(16)14(2)3)12(17)10-7-5-6-8-13-10/h10,13H,4-9H2,1-3H3/t10-/m1/s1. The summed E-state index contributed by atoms with van der Waals surface area (Å²) < 4.78 is 0. The number of nitrogens with zero attached hydrogens (tertiary/aromatic N) is 2. The van der Waals surface area contributed by atoms with Gasteiger partial charge in [0.1, 0.15) is 0 Å². The van der Waals surface area contributed by atoms with Crippen LogP contribution in [0.2, 0.25) is 0 Å². The van der Waals surface area contributed by atoms with Gasteiger partial charge in [-0.2, -0.15) is 0 Å². The highest BCUT2D eigenvalue weighted by Crippen LogP contribution is 2.09. The van der Waals surface area contributed by atoms with Crippen LogP contribution in [0, 0.1) is 0 Å². The van der Waals surface area contributed by atoms with Crippen LogP contribution in [0.15, 0.2) is 0 Å². The van der Waals surface area contributed by atoms with Crippen molar-refractivity contribution in [2.75, 3.05) is 33.7 Å². The monoisotopic (exact) mass is 241 g/mol. The molecule has 98 valence electrons. The van der Waals surface area contributed by atoms with Crippen molar-refractivity contribution in [1.82, 2.24) is 15.1 Å². The number of carbonyl (C=O) groups excluding carboxylic acids is 2. The smallest absolute Gasteiger partial charge is 0.241 e. The zero-order valence-corrected chi connectivity index (χ0v) is 11.0. The van der Waals surface area contributed by atoms with Crippen molar-refractivity contribution in [2.24, 2.45) is 0 Å². The molecule has 1 rings (SSSR count). The maximum absolute atomic E-state index is 12.2. The topological polar surface area (TPSA) is 52.7 Å². The van der Waals surface area contributed by atoms with Gasteiger partial charge < -0.3 is 15.1 Å². The molecule has 5 heteroatoms. The van der Waals surface area contributed by atoms with Crippen molar-refractivity contribution in [3.63, 3.8) is 0 Å². The van der Waals surface area contributed by atoms with E-state index in [0.29, 0.717) is 6.54 Å². The number of hydrogen-bond acceptors (Lipinski definition) is 3. The Hall–Kier alpha value is -1.10. The largest absolute Gasteiger partial charge is 0.347 e. The van der Waals surface area contributed by atoms with Gasteiger partial charge in [-0.25, -0.2) is 0 Å². The lowest BCUT2D eigenvalue weighted by molar-refractivity contribution is -0.140. The quantitative estimate of drug-likeness (QED) is 0.757. The fourth-order valence-corrected chi connectivity index (χ4v) is 1.93. The first-order valence-corrected chi connectivity index (χ1v) is 6.28. The number of hydrogen-bond donors (Lipinski definition) is 1. The molecule has 1 heterocycles. The molecule has 1 fully saturated rings. The molecule has 0 saturated carbocycles. The van der Waals surface area contributed by atoms with E-state index < -0.39 is 0 Å². The van der Waals surface area contributed by atoms with E-state index in [2.05, 4.69) is 5.32 Å². The van der Waals surface area contributed by atoms with E-state index in [9.17, 15) is 9.59 Å². The fraction of sp³-hybridized carbons (Fsp3) is 0.833. The number of amides is 2. The van der Waals surface area contributed by atoms with Gasteiger partial charge in [0.05, 0.1) is 12.6 Å². The number of rotatable bonds is 4. The van der Waals surface area contributed by atoms with Crippen LogP contribution in [-0.4, -0.2) is 61.4 Å². The molecule has 1 N–H and O–H groups in total. The molecule has 2 amide bonds. The molecule has 0 radical (unpaired) electrons. The molecule has 17 heavy (non-hydrogen) atoms. The summed E-state index contributed by atoms with van der Waals surface area (Å²) in [6.07, 6.45) is 3.10. The van der Waals surface area contributed by atoms with E-state index >= 15 is 0 Å². The highest BCUT2D eigenvalue weighted by atomic mass is 16.2. The molecule has 0 bridgehead atoms. The molecular formula is C12H23N3O2. The van der Waals surface area contributed by atoms with Crippen molar-refractivity contribution >= 4 is 11.8 Å². The van der Waals surface area contributed by atoms with E-state index in [0.717, 1.165) is 25.8 Å². The molecule has 0 aliphatic carbocycles. The summed E-state index contributed by atoms with van der Waals surface area (Å²) in [6, 6.07) is -0.0985. The first kappa shape index (κ1) is 14.0. The van der Waals surface area contributed by atoms with Gasteiger partial charge in [-0.1, -0.05) is 6.42 Å². The van der Waals surface area contributed by atoms with Gasteiger partial charge in [-0.3, -0.25) is 9.59 Å². The lowest BCUT2D eigenvalue weighted by atomic mass is 10.0. The maximum Gasteiger partial charge on any atom is 0.241 e. The first-order valence-electron chi connectivity index (χ1n) is 6.28. The molecule has 1 aliphatic rings. The van der Waals surface area contributed by atoms with E-state index in [-0.39, 0.29) is 24.4 Å². The second-order valence-electron chi connectivity index (χ2n) is 4.64. The predicted octanol–water partition coefficient (Wildman–Crippen LogP) is 0.0652. The highest BCUT2D eigenvalue weighted by molar-refractivity contribution is 5.87. The summed E-state index contributed by atoms with van der Waals surface area (Å²) in [6.45, 7) is 3.57. The van der Waals surface area contributed by atoms with Gasteiger partial charge in [0.2, 0.25) is 11.8 Å². The predicted molar refractivity (Wildman–Crippen MR) is 66.6 cm³/mol. The minimum atomic E-state index is -0.0985. The molecule has 1 atom stereocenters. The molecule has 1 saturated heterocycles. The molecule has 0 aromatic heterocycles. The number of piperidine rings is 1. The third kappa shape index (κ3) is 4.00. The Bertz CT molecular complexity index is 273. The van der Waals surface area contributed by atoms with E-state index in [1.54, 1.807) is 19.0 Å². The van der Waals surface area contributed by atoms with Crippen LogP contribution < -0.4 is 5.32 Å². The number of carbonyl (C=O) groups is 2. The molecule has 5 nitrogen and oxygen atoms in total. The average molecular weight is 241 g/mol. The molecule has 0 unspecified atom stereocenters. The first-order chi connectivity index (χ1) is 8.06. The zero-order valence-electron chi connectivity index (χ0n) is 11.0. The lowest BCUT2D eigenvalue weighted by Crippen LogP contribution is -2.50. The highest BCUT2D eigenvalue weighted by Gasteiger charge is 2.26. The van der Waals surface area contributed by atoms with E-state index in [4.69, 9.17) is 0 Å². The van der Waals surface area contributed by atoms with Crippen molar-refractivity contribution in [3.8, 4) is 0 Å². The Morgan fingerprint density at radius 1 is 1.29 bits per heavy atom. The second-order valence-corrected chi connectivity index (χ2v) is 4.64. The van der Waals surface area contributed by atoms with E-state index in [1.807, 2.05) is 6.92 Å². The fourth-order valence-electron chi connectivity index (χ4n) is 1.93. The summed E-state index contributed by atoms with van der Waals surface area (Å²) >= 11 is 0. The minimum Gasteiger partial charge on any atom is -0.347 e. The Morgan fingerprint density at radius 3 is 2.47 bits per heavy atom. The molecule has 0 aromatic rings. The SMILES string of the molecule is CCN(CC(=O)N(C)C)C(=O)[C@H]1CCCCN1. The van der Waals surface area contributed by atoms with Crippen LogP contribution in [0.1, 0.15) is 26.2 Å². The van der Waals surface area contributed by atoms with Crippen molar-refractivity contribution < 1.29 is 9.59 Å². The van der Waals surface area contributed by atoms with E-state index in [1.165, 1.54) is 4.90 Å². The molecule has 0 aromatic carbocycles. The normalized spacial score (nSPS) is 19.8. The molecule has 1 aliphatic heterocycles. The number of likely N-dealkylation sites (N-methyl/N-ethyl adjacent to an activating group) is 2. The second kappa shape index (κ2) is 6.59. The summed E-state index contributed by atoms with van der Waals surface area (Å²) in [4.78, 5) is 26.9. The summed E-state index contributed by atoms with van der Waals surface area (Å²) in [5, 5.41) is 3.22. The van der Waals surface area contributed by atoms with Crippen LogP contribution in [0.5, 0.6) is 0 Å². The van der Waals surface area contributed by atoms with Gasteiger partial charge in [0, 0.05) is 20.6 Å². The van der Waals surface area contributed by atoms with Crippen LogP contribution in [0.3, 0.4) is 0 Å². The van der Waals surface area contributed by atoms with Crippen LogP contribution in [0.4, 0.5) is 0 Å². The lowest BCUT2D eigenvalue weighted by Gasteiger charge is -2.29. The van der Waals surface area contributed by atoms with Crippen molar-refractivity contribution in [3.05, 3.63) is 0 Å². The summed E-state index contributed by atoms with van der Waals surface area (Å²) in [5.41, 5.74) is 0. The van der Waals surface area contributed by atoms with Crippen LogP contribution in [-0.2, 0) is 9.59 Å². The van der Waals surface area contributed by atoms with Gasteiger partial charge in [-0.15, -0.1) is 0 Å². The maximum atomic E-state index is 12.2. The van der Waals surface area contributed by atoms with Crippen molar-refractivity contribution in [1.29, 1.82) is 0 Å². The third-order valence-electron chi connectivity index (χ3n) is 3.13. The van der Waals surface area contributed by atoms with Gasteiger partial charge in [0.25, 0.3) is 0 Å². The minimum absolute atomic E-state index is 0.0315. The number of nitrogens with one attached hydrogen (secondary N) is 1. The Labute approximate surface area is 103 Å². The zero-order chi connectivity index (χ0) is 12.8. The molecular weight excluding hydrogens is 218 g/mol. The van der Waals surface area contributed by atoms with Crippen LogP contribution in [0.25, 0.3) is 0 Å².